The van der Waals surface area contributed by atoms with E-state index in [1.165, 1.54) is 0 Å². The van der Waals surface area contributed by atoms with E-state index in [1.807, 2.05) is 18.2 Å². The van der Waals surface area contributed by atoms with E-state index in [2.05, 4.69) is 19.2 Å². The Bertz CT molecular complexity index is 417. The van der Waals surface area contributed by atoms with E-state index >= 15 is 0 Å². The second kappa shape index (κ2) is 4.47. The molecule has 0 fully saturated rings. The Balaban J connectivity index is 2.15. The maximum Gasteiger partial charge on any atom is 0.257 e. The molecule has 1 amide bonds. The summed E-state index contributed by atoms with van der Waals surface area (Å²) in [4.78, 5) is 12.4. The zero-order chi connectivity index (χ0) is 11.7. The number of nitrogens with one attached hydrogen (secondary N) is 1. The van der Waals surface area contributed by atoms with Gasteiger partial charge >= 0.3 is 0 Å². The molecule has 4 heteroatoms. The van der Waals surface area contributed by atoms with Crippen LogP contribution in [0.25, 0.3) is 0 Å². The molecule has 0 spiro atoms. The van der Waals surface area contributed by atoms with E-state index in [-0.39, 0.29) is 5.91 Å². The first-order valence-corrected chi connectivity index (χ1v) is 6.32. The molecule has 2 N–H and O–H groups in total. The summed E-state index contributed by atoms with van der Waals surface area (Å²) in [5.41, 5.74) is 1.42. The van der Waals surface area contributed by atoms with Crippen LogP contribution < -0.4 is 5.32 Å². The van der Waals surface area contributed by atoms with Gasteiger partial charge in [-0.2, -0.15) is 0 Å². The molecule has 0 saturated carbocycles. The van der Waals surface area contributed by atoms with Crippen LogP contribution in [0.3, 0.4) is 0 Å². The minimum absolute atomic E-state index is 0.332. The molecule has 0 aromatic heterocycles. The number of hydrogen-bond donors (Lipinski definition) is 2. The van der Waals surface area contributed by atoms with E-state index in [9.17, 15) is 9.90 Å². The van der Waals surface area contributed by atoms with E-state index in [0.717, 1.165) is 16.3 Å². The maximum absolute atomic E-state index is 11.2. The molecule has 1 aliphatic heterocycles. The molecule has 1 heterocycles. The molecule has 1 aromatic rings. The molecule has 1 aromatic carbocycles. The van der Waals surface area contributed by atoms with Crippen molar-refractivity contribution in [3.05, 3.63) is 23.8 Å². The number of rotatable bonds is 3. The van der Waals surface area contributed by atoms with E-state index in [4.69, 9.17) is 0 Å². The third kappa shape index (κ3) is 2.23. The fraction of sp³-hybridized carbons (Fsp3) is 0.417. The van der Waals surface area contributed by atoms with Gasteiger partial charge in [-0.1, -0.05) is 19.9 Å². The summed E-state index contributed by atoms with van der Waals surface area (Å²) in [5, 5.41) is 12.2. The first-order chi connectivity index (χ1) is 7.58. The van der Waals surface area contributed by atoms with Gasteiger partial charge in [-0.15, -0.1) is 11.8 Å². The summed E-state index contributed by atoms with van der Waals surface area (Å²) in [6.45, 7) is 4.35. The molecule has 1 aliphatic rings. The highest BCUT2D eigenvalue weighted by atomic mass is 32.2. The Labute approximate surface area is 99.2 Å². The van der Waals surface area contributed by atoms with Crippen molar-refractivity contribution in [2.75, 3.05) is 11.1 Å². The smallest absolute Gasteiger partial charge is 0.257 e. The summed E-state index contributed by atoms with van der Waals surface area (Å²) in [7, 11) is 0. The lowest BCUT2D eigenvalue weighted by molar-refractivity contribution is -0.123. The van der Waals surface area contributed by atoms with Crippen LogP contribution in [0.2, 0.25) is 0 Å². The molecule has 0 saturated heterocycles. The number of carbonyl (C=O) groups excluding carboxylic acids is 1. The third-order valence-corrected chi connectivity index (χ3v) is 3.83. The summed E-state index contributed by atoms with van der Waals surface area (Å²) >= 11 is 1.76. The quantitative estimate of drug-likeness (QED) is 0.794. The van der Waals surface area contributed by atoms with Gasteiger partial charge < -0.3 is 10.4 Å². The molecular formula is C12H15NO2S. The average molecular weight is 237 g/mol. The Morgan fingerprint density at radius 2 is 2.25 bits per heavy atom. The number of amides is 1. The Morgan fingerprint density at radius 1 is 1.50 bits per heavy atom. The highest BCUT2D eigenvalue weighted by molar-refractivity contribution is 7.99. The van der Waals surface area contributed by atoms with Crippen molar-refractivity contribution in [2.45, 2.75) is 24.8 Å². The lowest BCUT2D eigenvalue weighted by Gasteiger charge is -2.06. The highest BCUT2D eigenvalue weighted by Crippen LogP contribution is 2.34. The molecule has 1 unspecified atom stereocenters. The fourth-order valence-corrected chi connectivity index (χ4v) is 2.47. The molecule has 0 radical (unpaired) electrons. The van der Waals surface area contributed by atoms with Crippen molar-refractivity contribution in [1.29, 1.82) is 0 Å². The third-order valence-electron chi connectivity index (χ3n) is 2.41. The van der Waals surface area contributed by atoms with Crippen LogP contribution in [0, 0.1) is 5.92 Å². The SMILES string of the molecule is CC(C)CSc1ccc2c(c1)NC(=O)C2O. The van der Waals surface area contributed by atoms with Gasteiger partial charge in [0.05, 0.1) is 0 Å². The number of carbonyl (C=O) groups is 1. The van der Waals surface area contributed by atoms with Crippen LogP contribution >= 0.6 is 11.8 Å². The second-order valence-electron chi connectivity index (χ2n) is 4.35. The van der Waals surface area contributed by atoms with Gasteiger partial charge in [-0.3, -0.25) is 4.79 Å². The van der Waals surface area contributed by atoms with Gasteiger partial charge in [-0.25, -0.2) is 0 Å². The number of hydrogen-bond acceptors (Lipinski definition) is 3. The molecule has 1 atom stereocenters. The predicted molar refractivity (Wildman–Crippen MR) is 65.6 cm³/mol. The average Bonchev–Trinajstić information content (AvgIpc) is 2.52. The van der Waals surface area contributed by atoms with Crippen molar-refractivity contribution in [3.8, 4) is 0 Å². The molecule has 86 valence electrons. The monoisotopic (exact) mass is 237 g/mol. The predicted octanol–water partition coefficient (Wildman–Crippen LogP) is 2.42. The van der Waals surface area contributed by atoms with Gasteiger partial charge in [0, 0.05) is 21.9 Å². The molecule has 3 nitrogen and oxygen atoms in total. The second-order valence-corrected chi connectivity index (χ2v) is 5.44. The van der Waals surface area contributed by atoms with Crippen LogP contribution in [0.1, 0.15) is 25.5 Å². The van der Waals surface area contributed by atoms with Crippen molar-refractivity contribution in [3.63, 3.8) is 0 Å². The van der Waals surface area contributed by atoms with Crippen molar-refractivity contribution >= 4 is 23.4 Å². The standard InChI is InChI=1S/C12H15NO2S/c1-7(2)6-16-8-3-4-9-10(5-8)13-12(15)11(9)14/h3-5,7,11,14H,6H2,1-2H3,(H,13,15). The van der Waals surface area contributed by atoms with Gasteiger partial charge in [0.25, 0.3) is 5.91 Å². The highest BCUT2D eigenvalue weighted by Gasteiger charge is 2.28. The number of aliphatic hydroxyl groups excluding tert-OH is 1. The summed E-state index contributed by atoms with van der Waals surface area (Å²) in [6, 6.07) is 5.70. The summed E-state index contributed by atoms with van der Waals surface area (Å²) in [6.07, 6.45) is -1.00. The van der Waals surface area contributed by atoms with E-state index < -0.39 is 6.10 Å². The van der Waals surface area contributed by atoms with Crippen LogP contribution in [0.15, 0.2) is 23.1 Å². The van der Waals surface area contributed by atoms with Gasteiger partial charge in [0.1, 0.15) is 0 Å². The lowest BCUT2D eigenvalue weighted by atomic mass is 10.1. The lowest BCUT2D eigenvalue weighted by Crippen LogP contribution is -2.10. The van der Waals surface area contributed by atoms with Gasteiger partial charge in [-0.05, 0) is 18.1 Å². The molecule has 0 aliphatic carbocycles. The number of anilines is 1. The molecule has 16 heavy (non-hydrogen) atoms. The van der Waals surface area contributed by atoms with E-state index in [1.54, 1.807) is 11.8 Å². The Morgan fingerprint density at radius 3 is 2.94 bits per heavy atom. The summed E-state index contributed by atoms with van der Waals surface area (Å²) < 4.78 is 0. The van der Waals surface area contributed by atoms with Crippen LogP contribution in [0.4, 0.5) is 5.69 Å². The molecular weight excluding hydrogens is 222 g/mol. The Kier molecular flexibility index (Phi) is 3.21. The zero-order valence-corrected chi connectivity index (χ0v) is 10.2. The molecule has 0 bridgehead atoms. The van der Waals surface area contributed by atoms with Crippen LogP contribution in [0.5, 0.6) is 0 Å². The normalized spacial score (nSPS) is 18.8. The minimum atomic E-state index is -1.00. The number of thioether (sulfide) groups is 1. The van der Waals surface area contributed by atoms with Crippen molar-refractivity contribution < 1.29 is 9.90 Å². The fourth-order valence-electron chi connectivity index (χ4n) is 1.58. The van der Waals surface area contributed by atoms with Crippen molar-refractivity contribution in [1.82, 2.24) is 0 Å². The minimum Gasteiger partial charge on any atom is -0.378 e. The number of fused-ring (bicyclic) bond motifs is 1. The maximum atomic E-state index is 11.2. The van der Waals surface area contributed by atoms with Crippen LogP contribution in [-0.2, 0) is 4.79 Å². The first-order valence-electron chi connectivity index (χ1n) is 5.33. The zero-order valence-electron chi connectivity index (χ0n) is 9.36. The Hall–Kier alpha value is -1.00. The number of aliphatic hydroxyl groups is 1. The summed E-state index contributed by atoms with van der Waals surface area (Å²) in [5.74, 6) is 1.36. The van der Waals surface area contributed by atoms with E-state index in [0.29, 0.717) is 11.5 Å². The largest absolute Gasteiger partial charge is 0.378 e. The van der Waals surface area contributed by atoms with Gasteiger partial charge in [0.15, 0.2) is 6.10 Å². The van der Waals surface area contributed by atoms with Gasteiger partial charge in [0.2, 0.25) is 0 Å². The van der Waals surface area contributed by atoms with Crippen LogP contribution in [-0.4, -0.2) is 16.8 Å². The van der Waals surface area contributed by atoms with Crippen molar-refractivity contribution in [2.24, 2.45) is 5.92 Å². The molecule has 2 rings (SSSR count). The topological polar surface area (TPSA) is 49.3 Å². The number of benzene rings is 1. The first kappa shape index (κ1) is 11.5.